The summed E-state index contributed by atoms with van der Waals surface area (Å²) in [6.07, 6.45) is 5.59. The zero-order valence-electron chi connectivity index (χ0n) is 9.56. The van der Waals surface area contributed by atoms with E-state index in [2.05, 4.69) is 5.92 Å². The lowest BCUT2D eigenvalue weighted by molar-refractivity contribution is -0.147. The molecule has 0 aromatic heterocycles. The smallest absolute Gasteiger partial charge is 0.320 e. The Morgan fingerprint density at radius 3 is 2.69 bits per heavy atom. The van der Waals surface area contributed by atoms with Crippen molar-refractivity contribution in [3.05, 3.63) is 0 Å². The molecule has 2 amide bonds. The summed E-state index contributed by atoms with van der Waals surface area (Å²) in [5.74, 6) is 1.52. The topological polar surface area (TPSA) is 60.9 Å². The third-order valence-electron chi connectivity index (χ3n) is 2.92. The lowest BCUT2D eigenvalue weighted by atomic mass is 9.90. The van der Waals surface area contributed by atoms with E-state index in [1.54, 1.807) is 14.0 Å². The number of carboxylic acid groups (broad SMARTS) is 1. The fraction of sp³-hybridized carbons (Fsp3) is 0.636. The molecule has 1 heterocycles. The molecular weight excluding hydrogens is 208 g/mol. The van der Waals surface area contributed by atoms with E-state index in [1.807, 2.05) is 0 Å². The van der Waals surface area contributed by atoms with Crippen molar-refractivity contribution >= 4 is 12.0 Å². The van der Waals surface area contributed by atoms with Crippen molar-refractivity contribution in [1.29, 1.82) is 0 Å². The molecule has 5 heteroatoms. The van der Waals surface area contributed by atoms with Gasteiger partial charge < -0.3 is 14.9 Å². The molecule has 0 aliphatic carbocycles. The monoisotopic (exact) mass is 224 g/mol. The number of carboxylic acids is 1. The van der Waals surface area contributed by atoms with Gasteiger partial charge in [0.05, 0.1) is 12.0 Å². The van der Waals surface area contributed by atoms with Gasteiger partial charge in [-0.25, -0.2) is 4.79 Å². The Hall–Kier alpha value is -1.70. The first-order valence-electron chi connectivity index (χ1n) is 5.07. The standard InChI is InChI=1S/C11H16N2O3/c1-4-6-12(3)10(16)13-7-5-11(2,8-13)9(14)15/h1H,5-8H2,2-3H3,(H,14,15). The summed E-state index contributed by atoms with van der Waals surface area (Å²) in [4.78, 5) is 25.8. The average molecular weight is 224 g/mol. The van der Waals surface area contributed by atoms with Crippen molar-refractivity contribution in [2.45, 2.75) is 13.3 Å². The van der Waals surface area contributed by atoms with Gasteiger partial charge in [0.15, 0.2) is 0 Å². The summed E-state index contributed by atoms with van der Waals surface area (Å²) in [6.45, 7) is 2.61. The number of rotatable bonds is 2. The first-order chi connectivity index (χ1) is 7.40. The van der Waals surface area contributed by atoms with Crippen molar-refractivity contribution in [2.75, 3.05) is 26.7 Å². The van der Waals surface area contributed by atoms with Gasteiger partial charge in [-0.05, 0) is 13.3 Å². The van der Waals surface area contributed by atoms with Crippen LogP contribution in [-0.2, 0) is 4.79 Å². The Kier molecular flexibility index (Phi) is 3.43. The summed E-state index contributed by atoms with van der Waals surface area (Å²) in [5.41, 5.74) is -0.827. The highest BCUT2D eigenvalue weighted by atomic mass is 16.4. The Morgan fingerprint density at radius 2 is 2.25 bits per heavy atom. The largest absolute Gasteiger partial charge is 0.481 e. The quantitative estimate of drug-likeness (QED) is 0.693. The SMILES string of the molecule is C#CCN(C)C(=O)N1CCC(C)(C(=O)O)C1. The maximum atomic E-state index is 11.8. The second-order valence-corrected chi connectivity index (χ2v) is 4.38. The number of aliphatic carboxylic acids is 1. The molecule has 1 fully saturated rings. The van der Waals surface area contributed by atoms with Crippen LogP contribution in [0.5, 0.6) is 0 Å². The molecule has 1 aliphatic heterocycles. The summed E-state index contributed by atoms with van der Waals surface area (Å²) < 4.78 is 0. The first-order valence-corrected chi connectivity index (χ1v) is 5.07. The highest BCUT2D eigenvalue weighted by Gasteiger charge is 2.42. The molecule has 0 aromatic rings. The molecule has 1 atom stereocenters. The van der Waals surface area contributed by atoms with E-state index in [-0.39, 0.29) is 19.1 Å². The van der Waals surface area contributed by atoms with Crippen molar-refractivity contribution < 1.29 is 14.7 Å². The summed E-state index contributed by atoms with van der Waals surface area (Å²) in [5, 5.41) is 9.03. The van der Waals surface area contributed by atoms with E-state index >= 15 is 0 Å². The number of hydrogen-bond donors (Lipinski definition) is 1. The summed E-state index contributed by atoms with van der Waals surface area (Å²) in [7, 11) is 1.61. The molecule has 1 aliphatic rings. The number of hydrogen-bond acceptors (Lipinski definition) is 2. The van der Waals surface area contributed by atoms with Gasteiger partial charge in [0.1, 0.15) is 0 Å². The van der Waals surface area contributed by atoms with Crippen LogP contribution < -0.4 is 0 Å². The van der Waals surface area contributed by atoms with E-state index in [4.69, 9.17) is 11.5 Å². The van der Waals surface area contributed by atoms with Crippen LogP contribution in [0.4, 0.5) is 4.79 Å². The predicted octanol–water partition coefficient (Wildman–Crippen LogP) is 0.468. The van der Waals surface area contributed by atoms with Crippen LogP contribution >= 0.6 is 0 Å². The highest BCUT2D eigenvalue weighted by molar-refractivity contribution is 5.79. The third kappa shape index (κ3) is 2.27. The Bertz CT molecular complexity index is 348. The van der Waals surface area contributed by atoms with Gasteiger partial charge in [0.25, 0.3) is 0 Å². The van der Waals surface area contributed by atoms with Crippen LogP contribution in [0, 0.1) is 17.8 Å². The van der Waals surface area contributed by atoms with E-state index in [1.165, 1.54) is 9.80 Å². The van der Waals surface area contributed by atoms with Gasteiger partial charge in [-0.2, -0.15) is 0 Å². The fourth-order valence-corrected chi connectivity index (χ4v) is 1.74. The first kappa shape index (κ1) is 12.4. The van der Waals surface area contributed by atoms with Crippen molar-refractivity contribution in [2.24, 2.45) is 5.41 Å². The minimum Gasteiger partial charge on any atom is -0.481 e. The number of amides is 2. The van der Waals surface area contributed by atoms with Gasteiger partial charge in [0.2, 0.25) is 0 Å². The summed E-state index contributed by atoms with van der Waals surface area (Å²) >= 11 is 0. The van der Waals surface area contributed by atoms with Crippen LogP contribution in [-0.4, -0.2) is 53.6 Å². The number of terminal acetylenes is 1. The van der Waals surface area contributed by atoms with Gasteiger partial charge in [-0.3, -0.25) is 4.79 Å². The van der Waals surface area contributed by atoms with Gasteiger partial charge >= 0.3 is 12.0 Å². The van der Waals surface area contributed by atoms with E-state index < -0.39 is 11.4 Å². The second-order valence-electron chi connectivity index (χ2n) is 4.38. The molecule has 1 unspecified atom stereocenters. The maximum absolute atomic E-state index is 11.8. The third-order valence-corrected chi connectivity index (χ3v) is 2.92. The minimum atomic E-state index is -0.859. The molecule has 5 nitrogen and oxygen atoms in total. The molecule has 0 saturated carbocycles. The number of carbonyl (C=O) groups is 2. The minimum absolute atomic E-state index is 0.206. The van der Waals surface area contributed by atoms with Crippen LogP contribution in [0.15, 0.2) is 0 Å². The maximum Gasteiger partial charge on any atom is 0.320 e. The molecule has 0 spiro atoms. The van der Waals surface area contributed by atoms with E-state index in [9.17, 15) is 9.59 Å². The van der Waals surface area contributed by atoms with E-state index in [0.717, 1.165) is 0 Å². The van der Waals surface area contributed by atoms with Crippen LogP contribution in [0.3, 0.4) is 0 Å². The number of nitrogens with zero attached hydrogens (tertiary/aromatic N) is 2. The molecule has 16 heavy (non-hydrogen) atoms. The van der Waals surface area contributed by atoms with Crippen LogP contribution in [0.25, 0.3) is 0 Å². The molecule has 88 valence electrons. The van der Waals surface area contributed by atoms with E-state index in [0.29, 0.717) is 13.0 Å². The zero-order chi connectivity index (χ0) is 12.3. The van der Waals surface area contributed by atoms with Crippen molar-refractivity contribution in [3.63, 3.8) is 0 Å². The van der Waals surface area contributed by atoms with Crippen LogP contribution in [0.2, 0.25) is 0 Å². The van der Waals surface area contributed by atoms with Gasteiger partial charge in [-0.15, -0.1) is 6.42 Å². The number of carbonyl (C=O) groups excluding carboxylic acids is 1. The van der Waals surface area contributed by atoms with Gasteiger partial charge in [-0.1, -0.05) is 5.92 Å². The molecule has 0 bridgehead atoms. The van der Waals surface area contributed by atoms with Crippen molar-refractivity contribution in [3.8, 4) is 12.3 Å². The van der Waals surface area contributed by atoms with Crippen LogP contribution in [0.1, 0.15) is 13.3 Å². The molecule has 0 aromatic carbocycles. The molecular formula is C11H16N2O3. The zero-order valence-corrected chi connectivity index (χ0v) is 9.56. The lowest BCUT2D eigenvalue weighted by Crippen LogP contribution is -2.42. The number of likely N-dealkylation sites (tertiary alicyclic amines) is 1. The number of urea groups is 1. The molecule has 1 saturated heterocycles. The Balaban J connectivity index is 2.64. The lowest BCUT2D eigenvalue weighted by Gasteiger charge is -2.24. The normalized spacial score (nSPS) is 23.9. The van der Waals surface area contributed by atoms with Gasteiger partial charge in [0, 0.05) is 20.1 Å². The second kappa shape index (κ2) is 4.44. The molecule has 1 N–H and O–H groups in total. The molecule has 0 radical (unpaired) electrons. The average Bonchev–Trinajstić information content (AvgIpc) is 2.61. The highest BCUT2D eigenvalue weighted by Crippen LogP contribution is 2.30. The molecule has 1 rings (SSSR count). The fourth-order valence-electron chi connectivity index (χ4n) is 1.74. The Labute approximate surface area is 95.0 Å². The predicted molar refractivity (Wildman–Crippen MR) is 58.8 cm³/mol. The van der Waals surface area contributed by atoms with Crippen molar-refractivity contribution in [1.82, 2.24) is 9.80 Å². The summed E-state index contributed by atoms with van der Waals surface area (Å²) in [6, 6.07) is -0.206. The Morgan fingerprint density at radius 1 is 1.62 bits per heavy atom.